The molecule has 2 aromatic carbocycles. The van der Waals surface area contributed by atoms with E-state index in [9.17, 15) is 27.9 Å². The standard InChI is InChI=1S/C21H20F3N3O4/c1-13-17-7-2-3-8-18(17)20(30)27(26-13)11-19(29)25-10-15(28)12-31-16-6-4-5-14(9-16)21(22,23)24/h2-9,15,28H,10-12H2,1H3,(H,25,29). The fraction of sp³-hybridized carbons (Fsp3) is 0.286. The van der Waals surface area contributed by atoms with Crippen molar-refractivity contribution in [2.75, 3.05) is 13.2 Å². The van der Waals surface area contributed by atoms with Crippen LogP contribution in [0.5, 0.6) is 5.75 Å². The zero-order valence-electron chi connectivity index (χ0n) is 16.5. The number of hydrogen-bond donors (Lipinski definition) is 2. The molecule has 1 aromatic heterocycles. The van der Waals surface area contributed by atoms with Crippen molar-refractivity contribution in [1.82, 2.24) is 15.1 Å². The summed E-state index contributed by atoms with van der Waals surface area (Å²) in [5.41, 5.74) is -0.682. The minimum atomic E-state index is -4.50. The molecule has 3 rings (SSSR count). The maximum atomic E-state index is 12.7. The fourth-order valence-electron chi connectivity index (χ4n) is 2.95. The van der Waals surface area contributed by atoms with Crippen molar-refractivity contribution >= 4 is 16.7 Å². The molecule has 1 amide bonds. The van der Waals surface area contributed by atoms with Crippen LogP contribution < -0.4 is 15.6 Å². The number of ether oxygens (including phenoxy) is 1. The number of aliphatic hydroxyl groups excluding tert-OH is 1. The Labute approximate surface area is 175 Å². The number of benzene rings is 2. The number of alkyl halides is 3. The van der Waals surface area contributed by atoms with Crippen molar-refractivity contribution in [2.24, 2.45) is 0 Å². The normalized spacial score (nSPS) is 12.5. The number of nitrogens with one attached hydrogen (secondary N) is 1. The first-order valence-electron chi connectivity index (χ1n) is 9.36. The zero-order chi connectivity index (χ0) is 22.6. The Kier molecular flexibility index (Phi) is 6.59. The Hall–Kier alpha value is -3.40. The predicted octanol–water partition coefficient (Wildman–Crippen LogP) is 2.28. The molecular weight excluding hydrogens is 415 g/mol. The van der Waals surface area contributed by atoms with Crippen molar-refractivity contribution < 1.29 is 27.8 Å². The molecule has 0 aliphatic heterocycles. The first-order chi connectivity index (χ1) is 14.6. The Bertz CT molecular complexity index is 1140. The van der Waals surface area contributed by atoms with Crippen LogP contribution >= 0.6 is 0 Å². The van der Waals surface area contributed by atoms with Crippen molar-refractivity contribution in [3.05, 3.63) is 70.1 Å². The molecular formula is C21H20F3N3O4. The molecule has 0 fully saturated rings. The summed E-state index contributed by atoms with van der Waals surface area (Å²) in [4.78, 5) is 24.6. The van der Waals surface area contributed by atoms with E-state index in [4.69, 9.17) is 4.74 Å². The van der Waals surface area contributed by atoms with Gasteiger partial charge in [0.15, 0.2) is 0 Å². The lowest BCUT2D eigenvalue weighted by molar-refractivity contribution is -0.137. The number of aryl methyl sites for hydroxylation is 1. The summed E-state index contributed by atoms with van der Waals surface area (Å²) in [6.45, 7) is 0.852. The van der Waals surface area contributed by atoms with Gasteiger partial charge in [0.25, 0.3) is 5.56 Å². The predicted molar refractivity (Wildman–Crippen MR) is 107 cm³/mol. The van der Waals surface area contributed by atoms with Gasteiger partial charge in [-0.25, -0.2) is 4.68 Å². The number of halogens is 3. The summed E-state index contributed by atoms with van der Waals surface area (Å²) in [5, 5.41) is 17.7. The van der Waals surface area contributed by atoms with Crippen LogP contribution in [0.1, 0.15) is 11.3 Å². The second-order valence-electron chi connectivity index (χ2n) is 6.89. The van der Waals surface area contributed by atoms with Gasteiger partial charge in [-0.05, 0) is 31.2 Å². The molecule has 1 atom stereocenters. The van der Waals surface area contributed by atoms with Gasteiger partial charge in [-0.15, -0.1) is 0 Å². The maximum absolute atomic E-state index is 12.7. The Morgan fingerprint density at radius 2 is 1.90 bits per heavy atom. The largest absolute Gasteiger partial charge is 0.491 e. The van der Waals surface area contributed by atoms with E-state index in [1.807, 2.05) is 0 Å². The average Bonchev–Trinajstić information content (AvgIpc) is 2.74. The molecule has 10 heteroatoms. The smallest absolute Gasteiger partial charge is 0.416 e. The van der Waals surface area contributed by atoms with Crippen molar-refractivity contribution in [2.45, 2.75) is 25.7 Å². The second-order valence-corrected chi connectivity index (χ2v) is 6.89. The highest BCUT2D eigenvalue weighted by Gasteiger charge is 2.30. The number of amides is 1. The van der Waals surface area contributed by atoms with Crippen molar-refractivity contribution in [3.8, 4) is 5.75 Å². The van der Waals surface area contributed by atoms with E-state index in [1.54, 1.807) is 31.2 Å². The van der Waals surface area contributed by atoms with Gasteiger partial charge in [-0.2, -0.15) is 18.3 Å². The topological polar surface area (TPSA) is 93.5 Å². The van der Waals surface area contributed by atoms with Gasteiger partial charge in [0, 0.05) is 11.9 Å². The summed E-state index contributed by atoms with van der Waals surface area (Å²) >= 11 is 0. The van der Waals surface area contributed by atoms with E-state index in [-0.39, 0.29) is 25.4 Å². The third kappa shape index (κ3) is 5.60. The summed E-state index contributed by atoms with van der Waals surface area (Å²) < 4.78 is 44.3. The monoisotopic (exact) mass is 435 g/mol. The summed E-state index contributed by atoms with van der Waals surface area (Å²) in [7, 11) is 0. The van der Waals surface area contributed by atoms with Gasteiger partial charge < -0.3 is 15.2 Å². The van der Waals surface area contributed by atoms with Crippen LogP contribution in [0.25, 0.3) is 10.8 Å². The molecule has 1 unspecified atom stereocenters. The van der Waals surface area contributed by atoms with Gasteiger partial charge in [0.2, 0.25) is 5.91 Å². The molecule has 0 aliphatic carbocycles. The molecule has 0 saturated carbocycles. The molecule has 1 heterocycles. The summed E-state index contributed by atoms with van der Waals surface area (Å²) in [5.74, 6) is -0.606. The van der Waals surface area contributed by atoms with Gasteiger partial charge >= 0.3 is 6.18 Å². The van der Waals surface area contributed by atoms with Gasteiger partial charge in [0.1, 0.15) is 25.0 Å². The van der Waals surface area contributed by atoms with E-state index < -0.39 is 29.3 Å². The average molecular weight is 435 g/mol. The molecule has 0 radical (unpaired) electrons. The highest BCUT2D eigenvalue weighted by atomic mass is 19.4. The quantitative estimate of drug-likeness (QED) is 0.594. The van der Waals surface area contributed by atoms with Crippen LogP contribution in [0.2, 0.25) is 0 Å². The van der Waals surface area contributed by atoms with E-state index in [0.717, 1.165) is 16.8 Å². The van der Waals surface area contributed by atoms with E-state index >= 15 is 0 Å². The highest BCUT2D eigenvalue weighted by Crippen LogP contribution is 2.31. The molecule has 0 saturated heterocycles. The number of rotatable bonds is 7. The van der Waals surface area contributed by atoms with E-state index in [1.165, 1.54) is 12.1 Å². The van der Waals surface area contributed by atoms with E-state index in [2.05, 4.69) is 10.4 Å². The number of aromatic nitrogens is 2. The third-order valence-electron chi connectivity index (χ3n) is 4.48. The molecule has 0 aliphatic rings. The second kappa shape index (κ2) is 9.17. The SMILES string of the molecule is Cc1nn(CC(=O)NCC(O)COc2cccc(C(F)(F)F)c2)c(=O)c2ccccc12. The van der Waals surface area contributed by atoms with Crippen molar-refractivity contribution in [1.29, 1.82) is 0 Å². The van der Waals surface area contributed by atoms with E-state index in [0.29, 0.717) is 16.5 Å². The van der Waals surface area contributed by atoms with Crippen LogP contribution in [0.15, 0.2) is 53.3 Å². The zero-order valence-corrected chi connectivity index (χ0v) is 16.5. The molecule has 0 bridgehead atoms. The lowest BCUT2D eigenvalue weighted by Crippen LogP contribution is -2.39. The van der Waals surface area contributed by atoms with Crippen LogP contribution in [0.4, 0.5) is 13.2 Å². The van der Waals surface area contributed by atoms with Crippen LogP contribution in [0.3, 0.4) is 0 Å². The first-order valence-corrected chi connectivity index (χ1v) is 9.36. The number of carbonyl (C=O) groups excluding carboxylic acids is 1. The number of carbonyl (C=O) groups is 1. The van der Waals surface area contributed by atoms with Gasteiger partial charge in [0.05, 0.1) is 16.6 Å². The highest BCUT2D eigenvalue weighted by molar-refractivity contribution is 5.83. The number of hydrogen-bond acceptors (Lipinski definition) is 5. The van der Waals surface area contributed by atoms with Gasteiger partial charge in [-0.3, -0.25) is 9.59 Å². The Morgan fingerprint density at radius 1 is 1.19 bits per heavy atom. The molecule has 7 nitrogen and oxygen atoms in total. The molecule has 164 valence electrons. The third-order valence-corrected chi connectivity index (χ3v) is 4.48. The number of aliphatic hydroxyl groups is 1. The molecule has 3 aromatic rings. The van der Waals surface area contributed by atoms with Crippen LogP contribution in [-0.2, 0) is 17.5 Å². The Morgan fingerprint density at radius 3 is 2.61 bits per heavy atom. The summed E-state index contributed by atoms with van der Waals surface area (Å²) in [6, 6.07) is 11.2. The van der Waals surface area contributed by atoms with Gasteiger partial charge in [-0.1, -0.05) is 24.3 Å². The fourth-order valence-corrected chi connectivity index (χ4v) is 2.95. The Balaban J connectivity index is 1.54. The number of nitrogens with zero attached hydrogens (tertiary/aromatic N) is 2. The first kappa shape index (κ1) is 22.3. The maximum Gasteiger partial charge on any atom is 0.416 e. The molecule has 0 spiro atoms. The molecule has 31 heavy (non-hydrogen) atoms. The summed E-state index contributed by atoms with van der Waals surface area (Å²) in [6.07, 6.45) is -5.67. The van der Waals surface area contributed by atoms with Crippen LogP contribution in [0, 0.1) is 6.92 Å². The lowest BCUT2D eigenvalue weighted by atomic mass is 10.1. The molecule has 2 N–H and O–H groups in total. The minimum Gasteiger partial charge on any atom is -0.491 e. The van der Waals surface area contributed by atoms with Crippen molar-refractivity contribution in [3.63, 3.8) is 0 Å². The van der Waals surface area contributed by atoms with Crippen LogP contribution in [-0.4, -0.2) is 40.0 Å². The lowest BCUT2D eigenvalue weighted by Gasteiger charge is -2.15. The number of fused-ring (bicyclic) bond motifs is 1. The minimum absolute atomic E-state index is 0.0532.